The lowest BCUT2D eigenvalue weighted by atomic mass is 10.1. The number of nitrogens with zero attached hydrogens (tertiary/aromatic N) is 4. The lowest BCUT2D eigenvalue weighted by Crippen LogP contribution is -2.05. The van der Waals surface area contributed by atoms with E-state index in [4.69, 9.17) is 5.11 Å². The van der Waals surface area contributed by atoms with Crippen LogP contribution in [0.25, 0.3) is 11.6 Å². The number of aromatic carboxylic acids is 1. The lowest BCUT2D eigenvalue weighted by Gasteiger charge is -2.06. The molecule has 1 aliphatic rings. The summed E-state index contributed by atoms with van der Waals surface area (Å²) in [6.07, 6.45) is 5.92. The zero-order valence-electron chi connectivity index (χ0n) is 12.6. The topological polar surface area (TPSA) is 91.8 Å². The minimum absolute atomic E-state index is 0.219. The maximum absolute atomic E-state index is 10.9. The number of benzene rings is 1. The first-order chi connectivity index (χ1) is 11.2. The number of hydrogen-bond donors (Lipinski definition) is 1. The number of allylic oxidation sites excluding steroid dienone is 1. The smallest absolute Gasteiger partial charge is 0.335 e. The molecule has 116 valence electrons. The van der Waals surface area contributed by atoms with E-state index in [-0.39, 0.29) is 5.56 Å². The van der Waals surface area contributed by atoms with Crippen LogP contribution < -0.4 is 0 Å². The first-order valence-electron chi connectivity index (χ1n) is 7.56. The summed E-state index contributed by atoms with van der Waals surface area (Å²) in [5.74, 6) is 0.551. The normalized spacial score (nSPS) is 14.7. The standard InChI is InChI=1S/C17H16N4O2/c18-11-14(10-12-5-7-13(8-6-12)17(22)23)16-20-19-15-4-2-1-3-9-21(15)16/h5-8,10H,1-4,9H2,(H,22,23)/b14-10+. The van der Waals surface area contributed by atoms with Gasteiger partial charge in [-0.3, -0.25) is 0 Å². The molecule has 23 heavy (non-hydrogen) atoms. The predicted molar refractivity (Wildman–Crippen MR) is 84.5 cm³/mol. The van der Waals surface area contributed by atoms with Crippen LogP contribution in [0.1, 0.15) is 46.8 Å². The van der Waals surface area contributed by atoms with Gasteiger partial charge in [0.25, 0.3) is 0 Å². The van der Waals surface area contributed by atoms with Gasteiger partial charge in [-0.2, -0.15) is 5.26 Å². The Bertz CT molecular complexity index is 797. The third-order valence-corrected chi connectivity index (χ3v) is 3.94. The number of carboxylic acids is 1. The Hall–Kier alpha value is -2.94. The molecule has 0 saturated heterocycles. The van der Waals surface area contributed by atoms with Crippen molar-refractivity contribution in [1.29, 1.82) is 5.26 Å². The molecule has 1 N–H and O–H groups in total. The van der Waals surface area contributed by atoms with Crippen molar-refractivity contribution in [1.82, 2.24) is 14.8 Å². The highest BCUT2D eigenvalue weighted by Crippen LogP contribution is 2.21. The SMILES string of the molecule is N#C/C(=C\c1ccc(C(=O)O)cc1)c1nnc2n1CCCCC2. The van der Waals surface area contributed by atoms with Gasteiger partial charge in [-0.1, -0.05) is 18.6 Å². The third-order valence-electron chi connectivity index (χ3n) is 3.94. The largest absolute Gasteiger partial charge is 0.478 e. The Kier molecular flexibility index (Phi) is 4.20. The molecule has 6 nitrogen and oxygen atoms in total. The van der Waals surface area contributed by atoms with Crippen LogP contribution in [0.15, 0.2) is 24.3 Å². The maximum atomic E-state index is 10.9. The molecule has 0 aliphatic carbocycles. The van der Waals surface area contributed by atoms with Crippen molar-refractivity contribution in [2.45, 2.75) is 32.2 Å². The molecule has 0 fully saturated rings. The number of hydrogen-bond acceptors (Lipinski definition) is 4. The van der Waals surface area contributed by atoms with Crippen LogP contribution in [0.4, 0.5) is 0 Å². The van der Waals surface area contributed by atoms with Gasteiger partial charge in [0.15, 0.2) is 5.82 Å². The van der Waals surface area contributed by atoms with Crippen molar-refractivity contribution in [3.05, 3.63) is 47.0 Å². The summed E-state index contributed by atoms with van der Waals surface area (Å²) in [5, 5.41) is 26.8. The molecule has 1 aromatic heterocycles. The summed E-state index contributed by atoms with van der Waals surface area (Å²) in [6, 6.07) is 8.59. The molecule has 6 heteroatoms. The summed E-state index contributed by atoms with van der Waals surface area (Å²) >= 11 is 0. The number of rotatable bonds is 3. The fourth-order valence-electron chi connectivity index (χ4n) is 2.72. The number of fused-ring (bicyclic) bond motifs is 1. The second-order valence-corrected chi connectivity index (χ2v) is 5.50. The monoisotopic (exact) mass is 308 g/mol. The van der Waals surface area contributed by atoms with Gasteiger partial charge in [0.05, 0.1) is 11.1 Å². The summed E-state index contributed by atoms with van der Waals surface area (Å²) in [7, 11) is 0. The molecule has 0 radical (unpaired) electrons. The molecule has 0 saturated carbocycles. The van der Waals surface area contributed by atoms with Gasteiger partial charge in [-0.15, -0.1) is 10.2 Å². The van der Waals surface area contributed by atoms with Crippen molar-refractivity contribution in [3.8, 4) is 6.07 Å². The molecule has 0 unspecified atom stereocenters. The van der Waals surface area contributed by atoms with E-state index in [1.807, 2.05) is 4.57 Å². The van der Waals surface area contributed by atoms with Crippen LogP contribution in [0, 0.1) is 11.3 Å². The van der Waals surface area contributed by atoms with E-state index in [0.29, 0.717) is 11.4 Å². The molecule has 0 amide bonds. The van der Waals surface area contributed by atoms with Crippen LogP contribution in [-0.2, 0) is 13.0 Å². The maximum Gasteiger partial charge on any atom is 0.335 e. The van der Waals surface area contributed by atoms with E-state index in [1.54, 1.807) is 18.2 Å². The Balaban J connectivity index is 1.95. The summed E-state index contributed by atoms with van der Waals surface area (Å²) in [6.45, 7) is 0.828. The number of carbonyl (C=O) groups is 1. The van der Waals surface area contributed by atoms with Crippen LogP contribution in [0.2, 0.25) is 0 Å². The molecule has 2 heterocycles. The Labute approximate surface area is 133 Å². The zero-order chi connectivity index (χ0) is 16.2. The Morgan fingerprint density at radius 1 is 1.22 bits per heavy atom. The molecule has 0 bridgehead atoms. The van der Waals surface area contributed by atoms with E-state index < -0.39 is 5.97 Å². The van der Waals surface area contributed by atoms with Gasteiger partial charge in [0, 0.05) is 13.0 Å². The van der Waals surface area contributed by atoms with Crippen LogP contribution in [0.5, 0.6) is 0 Å². The quantitative estimate of drug-likeness (QED) is 0.880. The van der Waals surface area contributed by atoms with Crippen LogP contribution in [-0.4, -0.2) is 25.8 Å². The predicted octanol–water partition coefficient (Wildman–Crippen LogP) is 2.77. The Morgan fingerprint density at radius 2 is 2.00 bits per heavy atom. The highest BCUT2D eigenvalue weighted by molar-refractivity contribution is 5.90. The first kappa shape index (κ1) is 15.0. The molecule has 3 rings (SSSR count). The van der Waals surface area contributed by atoms with E-state index in [0.717, 1.165) is 43.6 Å². The zero-order valence-corrected chi connectivity index (χ0v) is 12.6. The molecule has 2 aromatic rings. The second kappa shape index (κ2) is 6.44. The van der Waals surface area contributed by atoms with E-state index in [1.165, 1.54) is 12.1 Å². The second-order valence-electron chi connectivity index (χ2n) is 5.50. The number of aryl methyl sites for hydroxylation is 1. The minimum Gasteiger partial charge on any atom is -0.478 e. The molecular formula is C17H16N4O2. The number of nitriles is 1. The minimum atomic E-state index is -0.969. The van der Waals surface area contributed by atoms with E-state index >= 15 is 0 Å². The van der Waals surface area contributed by atoms with Gasteiger partial charge in [0.1, 0.15) is 11.9 Å². The third kappa shape index (κ3) is 3.14. The molecule has 1 aliphatic heterocycles. The lowest BCUT2D eigenvalue weighted by molar-refractivity contribution is 0.0697. The first-order valence-corrected chi connectivity index (χ1v) is 7.56. The van der Waals surface area contributed by atoms with Crippen molar-refractivity contribution in [3.63, 3.8) is 0 Å². The van der Waals surface area contributed by atoms with Crippen molar-refractivity contribution in [2.24, 2.45) is 0 Å². The van der Waals surface area contributed by atoms with Crippen molar-refractivity contribution >= 4 is 17.6 Å². The highest BCUT2D eigenvalue weighted by atomic mass is 16.4. The molecule has 0 spiro atoms. The van der Waals surface area contributed by atoms with Gasteiger partial charge >= 0.3 is 5.97 Å². The number of carboxylic acid groups (broad SMARTS) is 1. The highest BCUT2D eigenvalue weighted by Gasteiger charge is 2.17. The van der Waals surface area contributed by atoms with Gasteiger partial charge < -0.3 is 9.67 Å². The van der Waals surface area contributed by atoms with Gasteiger partial charge in [-0.25, -0.2) is 4.79 Å². The Morgan fingerprint density at radius 3 is 2.70 bits per heavy atom. The van der Waals surface area contributed by atoms with Gasteiger partial charge in [-0.05, 0) is 36.6 Å². The fraction of sp³-hybridized carbons (Fsp3) is 0.294. The summed E-state index contributed by atoms with van der Waals surface area (Å²) < 4.78 is 2.02. The molecular weight excluding hydrogens is 292 g/mol. The fourth-order valence-corrected chi connectivity index (χ4v) is 2.72. The van der Waals surface area contributed by atoms with Crippen LogP contribution in [0.3, 0.4) is 0 Å². The average Bonchev–Trinajstić information content (AvgIpc) is 2.81. The molecule has 0 atom stereocenters. The average molecular weight is 308 g/mol. The summed E-state index contributed by atoms with van der Waals surface area (Å²) in [4.78, 5) is 10.9. The summed E-state index contributed by atoms with van der Waals surface area (Å²) in [5.41, 5.74) is 1.42. The van der Waals surface area contributed by atoms with Gasteiger partial charge in [0.2, 0.25) is 0 Å². The number of aromatic nitrogens is 3. The van der Waals surface area contributed by atoms with Crippen molar-refractivity contribution in [2.75, 3.05) is 0 Å². The van der Waals surface area contributed by atoms with E-state index in [9.17, 15) is 10.1 Å². The molecule has 1 aromatic carbocycles. The van der Waals surface area contributed by atoms with Crippen LogP contribution >= 0.6 is 0 Å². The van der Waals surface area contributed by atoms with E-state index in [2.05, 4.69) is 16.3 Å². The van der Waals surface area contributed by atoms with Crippen molar-refractivity contribution < 1.29 is 9.90 Å².